The lowest BCUT2D eigenvalue weighted by Gasteiger charge is -2.50. The van der Waals surface area contributed by atoms with Crippen molar-refractivity contribution in [1.82, 2.24) is 0 Å². The zero-order valence-corrected chi connectivity index (χ0v) is 14.2. The summed E-state index contributed by atoms with van der Waals surface area (Å²) < 4.78 is 5.75. The number of aromatic hydroxyl groups is 1. The molecule has 5 atom stereocenters. The predicted octanol–water partition coefficient (Wildman–Crippen LogP) is 4.01. The monoisotopic (exact) mass is 316 g/mol. The molecular weight excluding hydrogens is 288 g/mol. The van der Waals surface area contributed by atoms with Crippen LogP contribution in [0.5, 0.6) is 11.5 Å². The van der Waals surface area contributed by atoms with Crippen molar-refractivity contribution in [3.63, 3.8) is 0 Å². The van der Waals surface area contributed by atoms with E-state index in [9.17, 15) is 10.2 Å². The van der Waals surface area contributed by atoms with E-state index in [1.54, 1.807) is 0 Å². The maximum atomic E-state index is 10.5. The smallest absolute Gasteiger partial charge is 0.164 e. The Labute approximate surface area is 138 Å². The summed E-state index contributed by atoms with van der Waals surface area (Å²) in [4.78, 5) is 0. The molecule has 2 fully saturated rings. The minimum Gasteiger partial charge on any atom is -0.504 e. The van der Waals surface area contributed by atoms with Crippen molar-refractivity contribution in [3.8, 4) is 11.5 Å². The average Bonchev–Trinajstić information content (AvgIpc) is 2.85. The topological polar surface area (TPSA) is 49.7 Å². The third-order valence-electron chi connectivity index (χ3n) is 7.08. The number of aliphatic hydroxyl groups excluding tert-OH is 1. The summed E-state index contributed by atoms with van der Waals surface area (Å²) in [6.45, 7) is 4.87. The molecular formula is C20H28O3. The second kappa shape index (κ2) is 5.41. The van der Waals surface area contributed by atoms with Crippen LogP contribution in [-0.2, 0) is 6.42 Å². The second-order valence-corrected chi connectivity index (χ2v) is 7.97. The molecule has 0 heterocycles. The van der Waals surface area contributed by atoms with E-state index in [1.807, 2.05) is 13.0 Å². The largest absolute Gasteiger partial charge is 0.504 e. The third kappa shape index (κ3) is 2.12. The van der Waals surface area contributed by atoms with Gasteiger partial charge in [-0.3, -0.25) is 0 Å². The number of hydrogen-bond acceptors (Lipinski definition) is 3. The Balaban J connectivity index is 1.71. The third-order valence-corrected chi connectivity index (χ3v) is 7.08. The van der Waals surface area contributed by atoms with Gasteiger partial charge < -0.3 is 14.9 Å². The van der Waals surface area contributed by atoms with E-state index in [0.29, 0.717) is 30.1 Å². The van der Waals surface area contributed by atoms with E-state index >= 15 is 0 Å². The van der Waals surface area contributed by atoms with Crippen LogP contribution in [-0.4, -0.2) is 22.9 Å². The summed E-state index contributed by atoms with van der Waals surface area (Å²) >= 11 is 0. The van der Waals surface area contributed by atoms with Crippen molar-refractivity contribution in [2.75, 3.05) is 6.61 Å². The van der Waals surface area contributed by atoms with E-state index in [4.69, 9.17) is 4.74 Å². The Morgan fingerprint density at radius 2 is 2.04 bits per heavy atom. The number of phenols is 1. The van der Waals surface area contributed by atoms with Gasteiger partial charge in [-0.15, -0.1) is 0 Å². The normalized spacial score (nSPS) is 38.6. The minimum absolute atomic E-state index is 0.117. The molecule has 1 unspecified atom stereocenters. The molecule has 126 valence electrons. The van der Waals surface area contributed by atoms with Gasteiger partial charge in [0.05, 0.1) is 12.7 Å². The van der Waals surface area contributed by atoms with Crippen LogP contribution in [0.15, 0.2) is 12.1 Å². The summed E-state index contributed by atoms with van der Waals surface area (Å²) in [7, 11) is 0. The number of ether oxygens (including phenoxy) is 1. The summed E-state index contributed by atoms with van der Waals surface area (Å²) in [6, 6.07) is 3.93. The molecule has 1 aromatic rings. The van der Waals surface area contributed by atoms with Crippen molar-refractivity contribution >= 4 is 0 Å². The van der Waals surface area contributed by atoms with E-state index in [2.05, 4.69) is 13.0 Å². The van der Waals surface area contributed by atoms with Gasteiger partial charge in [-0.25, -0.2) is 0 Å². The molecule has 3 nitrogen and oxygen atoms in total. The van der Waals surface area contributed by atoms with Crippen LogP contribution >= 0.6 is 0 Å². The van der Waals surface area contributed by atoms with E-state index in [1.165, 1.54) is 17.5 Å². The van der Waals surface area contributed by atoms with Gasteiger partial charge in [0.2, 0.25) is 0 Å². The first-order chi connectivity index (χ1) is 11.1. The number of hydrogen-bond donors (Lipinski definition) is 2. The van der Waals surface area contributed by atoms with Gasteiger partial charge in [-0.1, -0.05) is 13.0 Å². The van der Waals surface area contributed by atoms with Crippen LogP contribution in [0, 0.1) is 17.3 Å². The SMILES string of the molecule is CCOc1c(O)ccc2c1CC[C@@H]1[C@@H]2CC[C@]2(C)C(O)CC[C@@H]12. The maximum Gasteiger partial charge on any atom is 0.164 e. The highest BCUT2D eigenvalue weighted by Crippen LogP contribution is 2.61. The summed E-state index contributed by atoms with van der Waals surface area (Å²) in [6.07, 6.45) is 6.44. The van der Waals surface area contributed by atoms with Crippen LogP contribution < -0.4 is 4.74 Å². The van der Waals surface area contributed by atoms with Crippen molar-refractivity contribution in [3.05, 3.63) is 23.3 Å². The highest BCUT2D eigenvalue weighted by atomic mass is 16.5. The molecule has 4 rings (SSSR count). The van der Waals surface area contributed by atoms with Crippen LogP contribution in [0.2, 0.25) is 0 Å². The van der Waals surface area contributed by atoms with E-state index < -0.39 is 0 Å². The van der Waals surface area contributed by atoms with Crippen LogP contribution in [0.1, 0.15) is 63.0 Å². The summed E-state index contributed by atoms with van der Waals surface area (Å²) in [5.74, 6) is 2.89. The number of rotatable bonds is 2. The van der Waals surface area contributed by atoms with Gasteiger partial charge in [0.25, 0.3) is 0 Å². The second-order valence-electron chi connectivity index (χ2n) is 7.97. The Kier molecular flexibility index (Phi) is 3.60. The van der Waals surface area contributed by atoms with Crippen LogP contribution in [0.4, 0.5) is 0 Å². The van der Waals surface area contributed by atoms with Crippen molar-refractivity contribution in [2.45, 2.75) is 64.4 Å². The molecule has 0 aromatic heterocycles. The van der Waals surface area contributed by atoms with Gasteiger partial charge in [-0.2, -0.15) is 0 Å². The number of fused-ring (bicyclic) bond motifs is 5. The highest BCUT2D eigenvalue weighted by molar-refractivity contribution is 5.52. The Morgan fingerprint density at radius 3 is 2.83 bits per heavy atom. The van der Waals surface area contributed by atoms with Crippen molar-refractivity contribution < 1.29 is 14.9 Å². The van der Waals surface area contributed by atoms with Gasteiger partial charge in [0, 0.05) is 5.56 Å². The molecule has 0 saturated heterocycles. The molecule has 0 bridgehead atoms. The molecule has 2 N–H and O–H groups in total. The highest BCUT2D eigenvalue weighted by Gasteiger charge is 2.54. The fourth-order valence-electron chi connectivity index (χ4n) is 5.90. The molecule has 23 heavy (non-hydrogen) atoms. The van der Waals surface area contributed by atoms with Crippen molar-refractivity contribution in [2.24, 2.45) is 17.3 Å². The van der Waals surface area contributed by atoms with E-state index in [-0.39, 0.29) is 17.3 Å². The predicted molar refractivity (Wildman–Crippen MR) is 89.9 cm³/mol. The van der Waals surface area contributed by atoms with Gasteiger partial charge in [-0.05, 0) is 80.2 Å². The Bertz CT molecular complexity index is 611. The lowest BCUT2D eigenvalue weighted by Crippen LogP contribution is -2.43. The van der Waals surface area contributed by atoms with Crippen LogP contribution in [0.25, 0.3) is 0 Å². The first-order valence-corrected chi connectivity index (χ1v) is 9.22. The summed E-state index contributed by atoms with van der Waals surface area (Å²) in [5, 5.41) is 20.6. The van der Waals surface area contributed by atoms with Crippen molar-refractivity contribution in [1.29, 1.82) is 0 Å². The molecule has 0 spiro atoms. The molecule has 0 aliphatic heterocycles. The van der Waals surface area contributed by atoms with Gasteiger partial charge in [0.15, 0.2) is 11.5 Å². The average molecular weight is 316 g/mol. The standard InChI is InChI=1S/C20H28O3/c1-3-23-19-15-5-4-14-13(12(15)6-8-17(19)21)10-11-20(2)16(14)7-9-18(20)22/h6,8,13-14,16,18,21-22H,3-5,7,9-11H2,1-2H3/t13-,14-,16+,18?,20+/m1/s1. The van der Waals surface area contributed by atoms with E-state index in [0.717, 1.165) is 32.1 Å². The first kappa shape index (κ1) is 15.3. The fourth-order valence-corrected chi connectivity index (χ4v) is 5.90. The van der Waals surface area contributed by atoms with Gasteiger partial charge in [0.1, 0.15) is 0 Å². The Morgan fingerprint density at radius 1 is 1.22 bits per heavy atom. The quantitative estimate of drug-likeness (QED) is 0.867. The lowest BCUT2D eigenvalue weighted by atomic mass is 9.55. The Hall–Kier alpha value is -1.22. The molecule has 2 saturated carbocycles. The molecule has 0 radical (unpaired) electrons. The van der Waals surface area contributed by atoms with Gasteiger partial charge >= 0.3 is 0 Å². The molecule has 1 aromatic carbocycles. The van der Waals surface area contributed by atoms with Crippen LogP contribution in [0.3, 0.4) is 0 Å². The molecule has 3 heteroatoms. The number of aliphatic hydroxyl groups is 1. The lowest BCUT2D eigenvalue weighted by molar-refractivity contribution is -0.0227. The number of phenolic OH excluding ortho intramolecular Hbond substituents is 1. The molecule has 0 amide bonds. The molecule has 3 aliphatic carbocycles. The zero-order chi connectivity index (χ0) is 16.2. The first-order valence-electron chi connectivity index (χ1n) is 9.22. The zero-order valence-electron chi connectivity index (χ0n) is 14.2. The summed E-state index contributed by atoms with van der Waals surface area (Å²) in [5.41, 5.74) is 2.75. The fraction of sp³-hybridized carbons (Fsp3) is 0.700. The minimum atomic E-state index is -0.117. The molecule has 3 aliphatic rings. The number of benzene rings is 1. The maximum absolute atomic E-state index is 10.5.